The molecule has 0 saturated carbocycles. The van der Waals surface area contributed by atoms with Crippen molar-refractivity contribution in [2.75, 3.05) is 317 Å². The fourth-order valence-corrected chi connectivity index (χ4v) is 10.4. The number of alkyl carbamates (subject to hydrolysis) is 2. The molecular weight excluding hydrogens is 1510 g/mol. The first-order valence-corrected chi connectivity index (χ1v) is 41.0. The Bertz CT molecular complexity index is 2370. The second kappa shape index (κ2) is 79.1. The van der Waals surface area contributed by atoms with Crippen molar-refractivity contribution in [3.8, 4) is 0 Å². The quantitative estimate of drug-likeness (QED) is 0.0331. The highest BCUT2D eigenvalue weighted by Crippen LogP contribution is 2.17. The van der Waals surface area contributed by atoms with E-state index in [-0.39, 0.29) is 101 Å². The summed E-state index contributed by atoms with van der Waals surface area (Å²) in [5.74, 6) is -1.54. The predicted molar refractivity (Wildman–Crippen MR) is 417 cm³/mol. The number of nitrogens with zero attached hydrogens (tertiary/aromatic N) is 2. The maximum atomic E-state index is 13.4. The zero-order valence-corrected chi connectivity index (χ0v) is 68.1. The van der Waals surface area contributed by atoms with Crippen LogP contribution in [0.25, 0.3) is 0 Å². The van der Waals surface area contributed by atoms with E-state index in [1.54, 1.807) is 4.90 Å². The third-order valence-electron chi connectivity index (χ3n) is 16.5. The zero-order chi connectivity index (χ0) is 82.1. The zero-order valence-electron chi connectivity index (χ0n) is 68.1. The average molecular weight is 1650 g/mol. The lowest BCUT2D eigenvalue weighted by Crippen LogP contribution is -2.37. The lowest BCUT2D eigenvalue weighted by atomic mass is 10.0. The molecule has 2 aliphatic carbocycles. The normalized spacial score (nSPS) is 15.5. The number of carbonyl (C=O) groups excluding carboxylic acids is 8. The number of hydrogen-bond acceptors (Lipinski definition) is 30. The smallest absolute Gasteiger partial charge is 0.407 e. The Morgan fingerprint density at radius 3 is 0.835 bits per heavy atom. The van der Waals surface area contributed by atoms with Crippen molar-refractivity contribution in [1.82, 2.24) is 36.4 Å². The molecule has 37 nitrogen and oxygen atoms in total. The van der Waals surface area contributed by atoms with Gasteiger partial charge >= 0.3 is 12.2 Å². The molecule has 0 radical (unpaired) electrons. The summed E-state index contributed by atoms with van der Waals surface area (Å²) in [7, 11) is 0. The van der Waals surface area contributed by atoms with E-state index >= 15 is 0 Å². The van der Waals surface area contributed by atoms with Crippen LogP contribution < -0.4 is 26.6 Å². The molecule has 0 saturated heterocycles. The molecule has 5 N–H and O–H groups in total. The summed E-state index contributed by atoms with van der Waals surface area (Å²) in [5.41, 5.74) is 0. The maximum Gasteiger partial charge on any atom is 0.407 e. The van der Waals surface area contributed by atoms with Crippen molar-refractivity contribution < 1.29 is 143 Å². The number of amides is 8. The van der Waals surface area contributed by atoms with E-state index in [1.165, 1.54) is 12.2 Å². The van der Waals surface area contributed by atoms with Gasteiger partial charge in [-0.05, 0) is 64.2 Å². The van der Waals surface area contributed by atoms with E-state index in [0.29, 0.717) is 277 Å². The standard InChI is InChI=1S/C78H137N7O30/c86-71(17-26-85-75(90)15-16-76(85)91)79-21-32-97-44-54-109-64-66-113-68-67-112-65-61-106-51-41-96-31-20-74(89)84(27-37-102-47-57-107-52-42-98-33-22-80-72(87)18-29-94-39-49-104-59-62-110-55-45-100-35-24-82-77(92)114-69-11-7-3-1-4-8-12-69)28-38-103-48-58-108-53-43-99-34-23-81-73(88)19-30-95-40-50-105-60-63-111-56-46-101-36-25-83-78(93)115-70-13-9-5-2-6-10-14-70/h1-3,5,15-16,69-70H,4,6-14,17-68H2,(H,79,86)(H,80,87)(H,81,88)(H,82,92)(H,83,93)/b3-1-,5-2-. The van der Waals surface area contributed by atoms with Crippen molar-refractivity contribution >= 4 is 47.6 Å². The molecule has 0 bridgehead atoms. The van der Waals surface area contributed by atoms with Gasteiger partial charge in [0.05, 0.1) is 271 Å². The molecule has 1 heterocycles. The van der Waals surface area contributed by atoms with Gasteiger partial charge in [-0.1, -0.05) is 24.3 Å². The summed E-state index contributed by atoms with van der Waals surface area (Å²) in [6.07, 6.45) is 20.0. The number of nitrogens with one attached hydrogen (secondary N) is 5. The molecule has 0 fully saturated rings. The van der Waals surface area contributed by atoms with Crippen LogP contribution in [0.15, 0.2) is 36.5 Å². The summed E-state index contributed by atoms with van der Waals surface area (Å²) < 4.78 is 123. The first-order valence-electron chi connectivity index (χ1n) is 41.0. The summed E-state index contributed by atoms with van der Waals surface area (Å²) in [4.78, 5) is 99.7. The van der Waals surface area contributed by atoms with E-state index in [4.69, 9.17) is 104 Å². The highest BCUT2D eigenvalue weighted by Gasteiger charge is 2.24. The summed E-state index contributed by atoms with van der Waals surface area (Å²) >= 11 is 0. The fourth-order valence-electron chi connectivity index (χ4n) is 10.4. The molecule has 2 atom stereocenters. The minimum absolute atomic E-state index is 0.0204. The Kier molecular flexibility index (Phi) is 71.0. The summed E-state index contributed by atoms with van der Waals surface area (Å²) in [6.45, 7) is 16.1. The lowest BCUT2D eigenvalue weighted by Gasteiger charge is -2.23. The Morgan fingerprint density at radius 2 is 0.530 bits per heavy atom. The van der Waals surface area contributed by atoms with Gasteiger partial charge in [-0.3, -0.25) is 33.7 Å². The third kappa shape index (κ3) is 67.6. The number of imide groups is 1. The number of ether oxygens (including phenoxy) is 22. The third-order valence-corrected chi connectivity index (χ3v) is 16.5. The Balaban J connectivity index is 1.13. The first-order chi connectivity index (χ1) is 56.6. The van der Waals surface area contributed by atoms with Crippen LogP contribution in [0.2, 0.25) is 0 Å². The number of carbonyl (C=O) groups is 8. The van der Waals surface area contributed by atoms with Gasteiger partial charge in [-0.2, -0.15) is 0 Å². The average Bonchev–Trinajstić information content (AvgIpc) is 1.74. The van der Waals surface area contributed by atoms with E-state index < -0.39 is 24.0 Å². The van der Waals surface area contributed by atoms with Gasteiger partial charge in [0.2, 0.25) is 23.6 Å². The lowest BCUT2D eigenvalue weighted by molar-refractivity contribution is -0.137. The molecule has 37 heteroatoms. The van der Waals surface area contributed by atoms with Gasteiger partial charge in [0, 0.05) is 83.8 Å². The highest BCUT2D eigenvalue weighted by molar-refractivity contribution is 6.13. The van der Waals surface area contributed by atoms with Crippen molar-refractivity contribution in [3.63, 3.8) is 0 Å². The molecule has 8 amide bonds. The first kappa shape index (κ1) is 103. The Labute approximate surface area is 679 Å². The predicted octanol–water partition coefficient (Wildman–Crippen LogP) is 2.21. The minimum atomic E-state index is -0.419. The SMILES string of the molecule is O=C(CCOCCOCCOCCOCCNC(=O)OC1CC/C=C\CCC1)NCCOCCOCCOCCN(CCOCCOCCOCCNC(=O)CCOCCOCCOCCOCCNC(=O)OC1CC/C=C\CCC1)C(=O)CCOCCOCCOCCOCCOCCOCCNC(=O)CCN1C(=O)C=CC1=O. The molecule has 2 unspecified atom stereocenters. The molecule has 0 aromatic rings. The Morgan fingerprint density at radius 1 is 0.287 bits per heavy atom. The van der Waals surface area contributed by atoms with Crippen molar-refractivity contribution in [2.45, 2.75) is 102 Å². The molecule has 0 aromatic heterocycles. The fraction of sp³-hybridized carbons (Fsp3) is 0.821. The molecule has 664 valence electrons. The molecule has 1 aliphatic heterocycles. The number of allylic oxidation sites excluding steroid dienone is 4. The van der Waals surface area contributed by atoms with Crippen molar-refractivity contribution in [3.05, 3.63) is 36.5 Å². The van der Waals surface area contributed by atoms with Crippen molar-refractivity contribution in [2.24, 2.45) is 0 Å². The van der Waals surface area contributed by atoms with E-state index in [0.717, 1.165) is 69.1 Å². The van der Waals surface area contributed by atoms with Crippen LogP contribution in [-0.4, -0.2) is 386 Å². The molecular formula is C78H137N7O30. The molecule has 3 rings (SSSR count). The molecule has 3 aliphatic rings. The van der Waals surface area contributed by atoms with Gasteiger partial charge in [-0.25, -0.2) is 9.59 Å². The van der Waals surface area contributed by atoms with Crippen LogP contribution >= 0.6 is 0 Å². The second-order valence-electron chi connectivity index (χ2n) is 25.7. The highest BCUT2D eigenvalue weighted by atomic mass is 16.6. The van der Waals surface area contributed by atoms with E-state index in [1.807, 2.05) is 0 Å². The maximum absolute atomic E-state index is 13.4. The van der Waals surface area contributed by atoms with Gasteiger partial charge in [0.1, 0.15) is 12.2 Å². The van der Waals surface area contributed by atoms with Crippen LogP contribution in [-0.2, 0) is 133 Å². The monoisotopic (exact) mass is 1650 g/mol. The molecule has 115 heavy (non-hydrogen) atoms. The Hall–Kier alpha value is -6.02. The van der Waals surface area contributed by atoms with Gasteiger partial charge in [-0.15, -0.1) is 0 Å². The van der Waals surface area contributed by atoms with Crippen LogP contribution in [0.3, 0.4) is 0 Å². The van der Waals surface area contributed by atoms with Crippen LogP contribution in [0.4, 0.5) is 9.59 Å². The molecule has 0 spiro atoms. The van der Waals surface area contributed by atoms with Gasteiger partial charge < -0.3 is 136 Å². The van der Waals surface area contributed by atoms with E-state index in [2.05, 4.69) is 50.9 Å². The second-order valence-corrected chi connectivity index (χ2v) is 25.7. The van der Waals surface area contributed by atoms with Gasteiger partial charge in [0.25, 0.3) is 11.8 Å². The van der Waals surface area contributed by atoms with Crippen LogP contribution in [0.5, 0.6) is 0 Å². The van der Waals surface area contributed by atoms with Crippen LogP contribution in [0, 0.1) is 0 Å². The van der Waals surface area contributed by atoms with Gasteiger partial charge in [0.15, 0.2) is 0 Å². The van der Waals surface area contributed by atoms with Crippen molar-refractivity contribution in [1.29, 1.82) is 0 Å². The van der Waals surface area contributed by atoms with E-state index in [9.17, 15) is 38.4 Å². The number of hydrogen-bond donors (Lipinski definition) is 5. The topological polar surface area (TPSA) is 406 Å². The summed E-state index contributed by atoms with van der Waals surface area (Å²) in [6, 6.07) is 0. The number of rotatable bonds is 80. The largest absolute Gasteiger partial charge is 0.446 e. The molecule has 0 aromatic carbocycles. The summed E-state index contributed by atoms with van der Waals surface area (Å²) in [5, 5.41) is 13.7. The van der Waals surface area contributed by atoms with Crippen LogP contribution in [0.1, 0.15) is 89.9 Å². The minimum Gasteiger partial charge on any atom is -0.446 e.